The average Bonchev–Trinajstić information content (AvgIpc) is 2.98. The second-order valence-corrected chi connectivity index (χ2v) is 6.04. The van der Waals surface area contributed by atoms with Crippen molar-refractivity contribution in [2.24, 2.45) is 0 Å². The molecule has 3 aromatic carbocycles. The first kappa shape index (κ1) is 16.0. The van der Waals surface area contributed by atoms with Gasteiger partial charge in [-0.3, -0.25) is 4.98 Å². The number of hydrogen-bond donors (Lipinski definition) is 0. The smallest absolute Gasteiger partial charge is 0.0607 e. The predicted octanol–water partition coefficient (Wildman–Crippen LogP) is 5.99. The third-order valence-electron chi connectivity index (χ3n) is 4.69. The third kappa shape index (κ3) is 2.38. The van der Waals surface area contributed by atoms with Crippen molar-refractivity contribution in [3.8, 4) is 33.5 Å². The largest absolute Gasteiger partial charge is 0.296 e. The van der Waals surface area contributed by atoms with Crippen LogP contribution in [0, 0.1) is 6.07 Å². The normalized spacial score (nSPS) is 11.0. The molecule has 1 heterocycles. The minimum atomic E-state index is 0. The van der Waals surface area contributed by atoms with Gasteiger partial charge in [0.15, 0.2) is 0 Å². The van der Waals surface area contributed by atoms with Gasteiger partial charge in [0, 0.05) is 25.5 Å². The van der Waals surface area contributed by atoms with Gasteiger partial charge in [-0.2, -0.15) is 0 Å². The monoisotopic (exact) mass is 497 g/mol. The Hall–Kier alpha value is -2.54. The maximum Gasteiger partial charge on any atom is 0.0607 e. The van der Waals surface area contributed by atoms with Crippen molar-refractivity contribution in [2.75, 3.05) is 0 Å². The standard InChI is InChI=1S/C23H14N.Ir/c1-2-15-10-12-16(13-11-15)22-14-20-18-7-4-3-6-17(18)19-8-5-9-21(24-22)23(19)20;/h2-12,14H,1H2;/q-1;. The van der Waals surface area contributed by atoms with Gasteiger partial charge in [-0.05, 0) is 34.0 Å². The molecule has 2 heteroatoms. The summed E-state index contributed by atoms with van der Waals surface area (Å²) in [5, 5.41) is 1.25. The number of benzene rings is 3. The molecule has 0 atom stereocenters. The van der Waals surface area contributed by atoms with Crippen molar-refractivity contribution in [1.29, 1.82) is 0 Å². The summed E-state index contributed by atoms with van der Waals surface area (Å²) in [7, 11) is 0. The molecule has 1 aromatic heterocycles. The van der Waals surface area contributed by atoms with Crippen LogP contribution in [-0.4, -0.2) is 4.98 Å². The molecule has 0 spiro atoms. The van der Waals surface area contributed by atoms with Gasteiger partial charge in [0.25, 0.3) is 0 Å². The van der Waals surface area contributed by atoms with Crippen LogP contribution in [0.25, 0.3) is 50.5 Å². The van der Waals surface area contributed by atoms with Crippen molar-refractivity contribution < 1.29 is 20.1 Å². The van der Waals surface area contributed by atoms with Crippen LogP contribution in [0.1, 0.15) is 5.56 Å². The van der Waals surface area contributed by atoms with Crippen LogP contribution in [0.3, 0.4) is 0 Å². The van der Waals surface area contributed by atoms with Crippen molar-refractivity contribution in [3.63, 3.8) is 0 Å². The van der Waals surface area contributed by atoms with Gasteiger partial charge >= 0.3 is 0 Å². The van der Waals surface area contributed by atoms with Crippen LogP contribution in [0.15, 0.2) is 73.3 Å². The Labute approximate surface area is 160 Å². The quantitative estimate of drug-likeness (QED) is 0.274. The molecule has 0 N–H and O–H groups in total. The summed E-state index contributed by atoms with van der Waals surface area (Å²) in [5.41, 5.74) is 9.20. The fourth-order valence-electron chi connectivity index (χ4n) is 3.54. The molecular weight excluding hydrogens is 482 g/mol. The molecule has 121 valence electrons. The fourth-order valence-corrected chi connectivity index (χ4v) is 3.54. The summed E-state index contributed by atoms with van der Waals surface area (Å²) in [6.45, 7) is 3.80. The molecule has 4 aromatic rings. The molecule has 5 rings (SSSR count). The zero-order valence-electron chi connectivity index (χ0n) is 13.4. The fraction of sp³-hybridized carbons (Fsp3) is 0. The second kappa shape index (κ2) is 6.07. The minimum Gasteiger partial charge on any atom is -0.296 e. The average molecular weight is 497 g/mol. The van der Waals surface area contributed by atoms with Gasteiger partial charge in [-0.15, -0.1) is 48.0 Å². The molecule has 0 fully saturated rings. The van der Waals surface area contributed by atoms with Crippen LogP contribution in [0.5, 0.6) is 0 Å². The molecule has 25 heavy (non-hydrogen) atoms. The van der Waals surface area contributed by atoms with Gasteiger partial charge in [0.1, 0.15) is 0 Å². The zero-order valence-corrected chi connectivity index (χ0v) is 15.8. The number of fused-ring (bicyclic) bond motifs is 3. The van der Waals surface area contributed by atoms with Crippen LogP contribution in [0.4, 0.5) is 0 Å². The Kier molecular flexibility index (Phi) is 3.88. The van der Waals surface area contributed by atoms with E-state index in [1.54, 1.807) is 0 Å². The maximum absolute atomic E-state index is 4.89. The summed E-state index contributed by atoms with van der Waals surface area (Å²) < 4.78 is 0. The zero-order chi connectivity index (χ0) is 16.1. The summed E-state index contributed by atoms with van der Waals surface area (Å²) >= 11 is 0. The van der Waals surface area contributed by atoms with Gasteiger partial charge in [0.2, 0.25) is 0 Å². The Morgan fingerprint density at radius 1 is 0.840 bits per heavy atom. The van der Waals surface area contributed by atoms with Crippen molar-refractivity contribution >= 4 is 17.0 Å². The molecule has 0 bridgehead atoms. The van der Waals surface area contributed by atoms with E-state index in [1.807, 2.05) is 18.2 Å². The van der Waals surface area contributed by atoms with Gasteiger partial charge in [-0.1, -0.05) is 42.5 Å². The van der Waals surface area contributed by atoms with Crippen LogP contribution in [0.2, 0.25) is 0 Å². The van der Waals surface area contributed by atoms with E-state index in [1.165, 1.54) is 27.6 Å². The molecule has 0 amide bonds. The molecule has 0 saturated heterocycles. The predicted molar refractivity (Wildman–Crippen MR) is 101 cm³/mol. The summed E-state index contributed by atoms with van der Waals surface area (Å²) in [5.74, 6) is 0. The Morgan fingerprint density at radius 3 is 2.32 bits per heavy atom. The number of pyridine rings is 1. The minimum absolute atomic E-state index is 0. The maximum atomic E-state index is 4.89. The topological polar surface area (TPSA) is 12.9 Å². The van der Waals surface area contributed by atoms with Crippen LogP contribution in [-0.2, 0) is 20.1 Å². The van der Waals surface area contributed by atoms with Crippen molar-refractivity contribution in [3.05, 3.63) is 84.9 Å². The van der Waals surface area contributed by atoms with Crippen LogP contribution < -0.4 is 0 Å². The third-order valence-corrected chi connectivity index (χ3v) is 4.69. The molecule has 1 nitrogen and oxygen atoms in total. The van der Waals surface area contributed by atoms with E-state index in [2.05, 4.69) is 67.2 Å². The van der Waals surface area contributed by atoms with Crippen LogP contribution >= 0.6 is 0 Å². The first-order valence-electron chi connectivity index (χ1n) is 8.03. The molecular formula is C23H14IrN-. The van der Waals surface area contributed by atoms with Crippen molar-refractivity contribution in [1.82, 2.24) is 4.98 Å². The molecule has 1 radical (unpaired) electrons. The summed E-state index contributed by atoms with van der Waals surface area (Å²) in [4.78, 5) is 4.89. The molecule has 0 saturated carbocycles. The molecule has 1 aliphatic carbocycles. The SMILES string of the molecule is C=Cc1c[c-]c(-c2cc3c4c(cccc4n2)-c2ccccc2-3)cc1.[Ir]. The molecule has 1 aliphatic rings. The van der Waals surface area contributed by atoms with E-state index < -0.39 is 0 Å². The summed E-state index contributed by atoms with van der Waals surface area (Å²) in [6, 6.07) is 26.5. The van der Waals surface area contributed by atoms with E-state index in [0.717, 1.165) is 22.3 Å². The number of aromatic nitrogens is 1. The van der Waals surface area contributed by atoms with Gasteiger partial charge in [0.05, 0.1) is 5.52 Å². The van der Waals surface area contributed by atoms with E-state index >= 15 is 0 Å². The van der Waals surface area contributed by atoms with Gasteiger partial charge in [-0.25, -0.2) is 0 Å². The summed E-state index contributed by atoms with van der Waals surface area (Å²) in [6.07, 6.45) is 1.83. The Morgan fingerprint density at radius 2 is 1.60 bits per heavy atom. The first-order chi connectivity index (χ1) is 11.8. The number of nitrogens with zero attached hydrogens (tertiary/aromatic N) is 1. The molecule has 0 aliphatic heterocycles. The second-order valence-electron chi connectivity index (χ2n) is 6.04. The number of hydrogen-bond acceptors (Lipinski definition) is 1. The van der Waals surface area contributed by atoms with E-state index in [4.69, 9.17) is 4.98 Å². The van der Waals surface area contributed by atoms with E-state index in [0.29, 0.717) is 0 Å². The number of rotatable bonds is 2. The molecule has 0 unspecified atom stereocenters. The van der Waals surface area contributed by atoms with Gasteiger partial charge < -0.3 is 0 Å². The van der Waals surface area contributed by atoms with Crippen molar-refractivity contribution in [2.45, 2.75) is 0 Å². The Bertz CT molecular complexity index is 1110. The Balaban J connectivity index is 0.00000157. The van der Waals surface area contributed by atoms with E-state index in [-0.39, 0.29) is 20.1 Å². The first-order valence-corrected chi connectivity index (χ1v) is 8.03. The van der Waals surface area contributed by atoms with E-state index in [9.17, 15) is 0 Å².